The molecule has 0 saturated carbocycles. The van der Waals surface area contributed by atoms with Crippen molar-refractivity contribution in [1.29, 1.82) is 0 Å². The van der Waals surface area contributed by atoms with E-state index >= 15 is 0 Å². The molecule has 3 atom stereocenters. The van der Waals surface area contributed by atoms with Crippen LogP contribution in [-0.4, -0.2) is 47.6 Å². The number of rotatable bonds is 2. The van der Waals surface area contributed by atoms with E-state index in [0.717, 1.165) is 19.4 Å². The molecule has 1 N–H and O–H groups in total. The molecular formula is C16H28N2O3. The first-order valence-corrected chi connectivity index (χ1v) is 7.92. The third kappa shape index (κ3) is 2.93. The molecule has 2 heterocycles. The van der Waals surface area contributed by atoms with Crippen molar-refractivity contribution in [1.82, 2.24) is 10.2 Å². The van der Waals surface area contributed by atoms with Crippen LogP contribution in [0.15, 0.2) is 0 Å². The smallest absolute Gasteiger partial charge is 0.246 e. The van der Waals surface area contributed by atoms with Crippen LogP contribution in [0.4, 0.5) is 0 Å². The van der Waals surface area contributed by atoms with Crippen LogP contribution in [0.5, 0.6) is 0 Å². The normalized spacial score (nSPS) is 34.8. The van der Waals surface area contributed by atoms with Gasteiger partial charge in [0.25, 0.3) is 0 Å². The Hall–Kier alpha value is -1.10. The van der Waals surface area contributed by atoms with E-state index in [1.54, 1.807) is 0 Å². The Balaban J connectivity index is 2.37. The first kappa shape index (κ1) is 16.3. The van der Waals surface area contributed by atoms with Gasteiger partial charge < -0.3 is 15.0 Å². The number of nitrogens with zero attached hydrogens (tertiary/aromatic N) is 1. The topological polar surface area (TPSA) is 58.6 Å². The van der Waals surface area contributed by atoms with Gasteiger partial charge in [0.2, 0.25) is 11.8 Å². The summed E-state index contributed by atoms with van der Waals surface area (Å²) in [5, 5.41) is 2.92. The molecule has 0 aromatic rings. The first-order valence-electron chi connectivity index (χ1n) is 7.92. The summed E-state index contributed by atoms with van der Waals surface area (Å²) in [7, 11) is 0. The number of amides is 2. The second-order valence-corrected chi connectivity index (χ2v) is 7.59. The number of carbonyl (C=O) groups excluding carboxylic acids is 2. The van der Waals surface area contributed by atoms with Crippen LogP contribution in [-0.2, 0) is 14.3 Å². The van der Waals surface area contributed by atoms with Crippen LogP contribution >= 0.6 is 0 Å². The van der Waals surface area contributed by atoms with E-state index in [9.17, 15) is 9.59 Å². The van der Waals surface area contributed by atoms with Crippen molar-refractivity contribution < 1.29 is 14.3 Å². The molecule has 5 nitrogen and oxygen atoms in total. The molecule has 2 saturated heterocycles. The fourth-order valence-corrected chi connectivity index (χ4v) is 3.42. The van der Waals surface area contributed by atoms with Gasteiger partial charge in [-0.2, -0.15) is 0 Å². The molecule has 0 radical (unpaired) electrons. The lowest BCUT2D eigenvalue weighted by Gasteiger charge is -2.52. The summed E-state index contributed by atoms with van der Waals surface area (Å²) < 4.78 is 5.61. The van der Waals surface area contributed by atoms with Crippen molar-refractivity contribution in [2.45, 2.75) is 71.5 Å². The Morgan fingerprint density at radius 2 is 2.05 bits per heavy atom. The average Bonchev–Trinajstić information content (AvgIpc) is 2.39. The van der Waals surface area contributed by atoms with Crippen LogP contribution in [0.2, 0.25) is 0 Å². The molecule has 2 aliphatic rings. The Morgan fingerprint density at radius 1 is 1.38 bits per heavy atom. The Morgan fingerprint density at radius 3 is 2.52 bits per heavy atom. The van der Waals surface area contributed by atoms with E-state index in [1.807, 2.05) is 39.5 Å². The highest BCUT2D eigenvalue weighted by Gasteiger charge is 2.51. The number of piperazine rings is 1. The minimum atomic E-state index is -0.466. The van der Waals surface area contributed by atoms with E-state index < -0.39 is 6.04 Å². The van der Waals surface area contributed by atoms with Gasteiger partial charge in [-0.3, -0.25) is 9.59 Å². The predicted octanol–water partition coefficient (Wildman–Crippen LogP) is 1.71. The molecule has 0 aromatic carbocycles. The molecule has 3 unspecified atom stereocenters. The van der Waals surface area contributed by atoms with Crippen molar-refractivity contribution in [3.8, 4) is 0 Å². The number of hydrogen-bond donors (Lipinski definition) is 1. The molecule has 120 valence electrons. The van der Waals surface area contributed by atoms with E-state index in [2.05, 4.69) is 5.32 Å². The Labute approximate surface area is 127 Å². The summed E-state index contributed by atoms with van der Waals surface area (Å²) in [6, 6.07) is -0.852. The van der Waals surface area contributed by atoms with Crippen molar-refractivity contribution in [2.24, 2.45) is 5.41 Å². The zero-order chi connectivity index (χ0) is 15.8. The number of carbonyl (C=O) groups is 2. The maximum absolute atomic E-state index is 13.0. The maximum atomic E-state index is 13.0. The molecular weight excluding hydrogens is 268 g/mol. The second-order valence-electron chi connectivity index (χ2n) is 7.59. The van der Waals surface area contributed by atoms with Gasteiger partial charge in [-0.25, -0.2) is 0 Å². The van der Waals surface area contributed by atoms with Crippen molar-refractivity contribution >= 4 is 11.8 Å². The largest absolute Gasteiger partial charge is 0.379 e. The van der Waals surface area contributed by atoms with Crippen molar-refractivity contribution in [2.75, 3.05) is 13.2 Å². The molecule has 0 spiro atoms. The van der Waals surface area contributed by atoms with E-state index in [4.69, 9.17) is 4.74 Å². The van der Waals surface area contributed by atoms with E-state index in [-0.39, 0.29) is 28.8 Å². The number of hydrogen-bond acceptors (Lipinski definition) is 3. The van der Waals surface area contributed by atoms with Crippen molar-refractivity contribution in [3.05, 3.63) is 0 Å². The number of nitrogens with one attached hydrogen (secondary N) is 1. The molecule has 2 rings (SSSR count). The highest BCUT2D eigenvalue weighted by molar-refractivity contribution is 5.97. The summed E-state index contributed by atoms with van der Waals surface area (Å²) in [5.74, 6) is -0.00854. The summed E-state index contributed by atoms with van der Waals surface area (Å²) in [6.45, 7) is 11.2. The zero-order valence-corrected chi connectivity index (χ0v) is 13.9. The monoisotopic (exact) mass is 296 g/mol. The van der Waals surface area contributed by atoms with Crippen LogP contribution in [0.3, 0.4) is 0 Å². The van der Waals surface area contributed by atoms with Crippen LogP contribution in [0.1, 0.15) is 53.9 Å². The quantitative estimate of drug-likeness (QED) is 0.844. The first-order chi connectivity index (χ1) is 9.70. The molecule has 5 heteroatoms. The second kappa shape index (κ2) is 5.59. The lowest BCUT2D eigenvalue weighted by molar-refractivity contribution is -0.166. The highest BCUT2D eigenvalue weighted by atomic mass is 16.5. The van der Waals surface area contributed by atoms with Gasteiger partial charge >= 0.3 is 0 Å². The van der Waals surface area contributed by atoms with Gasteiger partial charge in [0, 0.05) is 6.61 Å². The van der Waals surface area contributed by atoms with Crippen LogP contribution in [0, 0.1) is 5.41 Å². The lowest BCUT2D eigenvalue weighted by Crippen LogP contribution is -2.72. The third-order valence-corrected chi connectivity index (χ3v) is 4.64. The standard InChI is InChI=1S/C16H28N2O3/c1-6-11-13(19)17-12(15(2,3)4)14(20)18(11)16(5)8-7-9-21-10-16/h11-12H,6-10H2,1-5H3,(H,17,19). The minimum Gasteiger partial charge on any atom is -0.379 e. The van der Waals surface area contributed by atoms with Gasteiger partial charge in [-0.15, -0.1) is 0 Å². The summed E-state index contributed by atoms with van der Waals surface area (Å²) in [6.07, 6.45) is 2.45. The Bertz CT molecular complexity index is 422. The maximum Gasteiger partial charge on any atom is 0.246 e. The summed E-state index contributed by atoms with van der Waals surface area (Å²) in [4.78, 5) is 27.3. The molecule has 0 aromatic heterocycles. The van der Waals surface area contributed by atoms with Gasteiger partial charge in [0.05, 0.1) is 12.1 Å². The van der Waals surface area contributed by atoms with Gasteiger partial charge in [0.15, 0.2) is 0 Å². The van der Waals surface area contributed by atoms with Gasteiger partial charge in [0.1, 0.15) is 12.1 Å². The van der Waals surface area contributed by atoms with Gasteiger partial charge in [-0.05, 0) is 31.6 Å². The Kier molecular flexibility index (Phi) is 4.34. The molecule has 2 amide bonds. The fraction of sp³-hybridized carbons (Fsp3) is 0.875. The molecule has 2 fully saturated rings. The highest BCUT2D eigenvalue weighted by Crippen LogP contribution is 2.34. The number of ether oxygens (including phenoxy) is 1. The minimum absolute atomic E-state index is 0.0296. The van der Waals surface area contributed by atoms with Gasteiger partial charge in [-0.1, -0.05) is 27.7 Å². The van der Waals surface area contributed by atoms with E-state index in [0.29, 0.717) is 13.0 Å². The molecule has 21 heavy (non-hydrogen) atoms. The summed E-state index contributed by atoms with van der Waals surface area (Å²) >= 11 is 0. The van der Waals surface area contributed by atoms with E-state index in [1.165, 1.54) is 0 Å². The van der Waals surface area contributed by atoms with Crippen molar-refractivity contribution in [3.63, 3.8) is 0 Å². The zero-order valence-electron chi connectivity index (χ0n) is 13.9. The fourth-order valence-electron chi connectivity index (χ4n) is 3.42. The van der Waals surface area contributed by atoms with Crippen LogP contribution < -0.4 is 5.32 Å². The van der Waals surface area contributed by atoms with Crippen LogP contribution in [0.25, 0.3) is 0 Å². The predicted molar refractivity (Wildman–Crippen MR) is 80.8 cm³/mol. The summed E-state index contributed by atoms with van der Waals surface area (Å²) in [5.41, 5.74) is -0.674. The molecule has 0 bridgehead atoms. The lowest BCUT2D eigenvalue weighted by atomic mass is 9.80. The molecule has 2 aliphatic heterocycles. The third-order valence-electron chi connectivity index (χ3n) is 4.64. The average molecular weight is 296 g/mol. The SMILES string of the molecule is CCC1C(=O)NC(C(C)(C)C)C(=O)N1C1(C)CCCOC1. The molecule has 0 aliphatic carbocycles.